The van der Waals surface area contributed by atoms with Crippen molar-refractivity contribution in [3.8, 4) is 0 Å². The zero-order chi connectivity index (χ0) is 22.1. The molecule has 11 nitrogen and oxygen atoms in total. The number of nitrogens with zero attached hydrogens (tertiary/aromatic N) is 4. The highest BCUT2D eigenvalue weighted by Gasteiger charge is 2.32. The second-order valence-electron chi connectivity index (χ2n) is 7.47. The van der Waals surface area contributed by atoms with Crippen LogP contribution in [0.25, 0.3) is 0 Å². The molecule has 12 heteroatoms. The maximum Gasteiger partial charge on any atom is 0.290 e. The second kappa shape index (κ2) is 8.56. The maximum absolute atomic E-state index is 12.9. The Morgan fingerprint density at radius 1 is 1.37 bits per heavy atom. The molecule has 1 atom stereocenters. The van der Waals surface area contributed by atoms with E-state index < -0.39 is 10.0 Å². The van der Waals surface area contributed by atoms with Crippen molar-refractivity contribution >= 4 is 22.4 Å². The van der Waals surface area contributed by atoms with E-state index in [9.17, 15) is 13.2 Å². The summed E-state index contributed by atoms with van der Waals surface area (Å²) in [6, 6.07) is -0.0709. The van der Waals surface area contributed by atoms with Crippen molar-refractivity contribution in [3.63, 3.8) is 0 Å². The molecule has 1 unspecified atom stereocenters. The molecule has 30 heavy (non-hydrogen) atoms. The van der Waals surface area contributed by atoms with Gasteiger partial charge in [0.1, 0.15) is 0 Å². The van der Waals surface area contributed by atoms with Crippen molar-refractivity contribution in [2.45, 2.75) is 45.2 Å². The summed E-state index contributed by atoms with van der Waals surface area (Å²) >= 11 is 0. The molecule has 0 bridgehead atoms. The summed E-state index contributed by atoms with van der Waals surface area (Å²) in [5.41, 5.74) is 5.11. The number of hydrogen-bond donors (Lipinski definition) is 3. The molecule has 2 aliphatic rings. The van der Waals surface area contributed by atoms with Crippen LogP contribution in [-0.4, -0.2) is 63.0 Å². The van der Waals surface area contributed by atoms with Crippen molar-refractivity contribution in [3.05, 3.63) is 33.9 Å². The van der Waals surface area contributed by atoms with Gasteiger partial charge in [0.05, 0.1) is 30.2 Å². The Hall–Kier alpha value is -2.73. The SMILES string of the molecule is Cc1nn(C)c2c1C(NC(=O)c1n[nH]c3c1CCN(S(C)(=O)=O)C3)CCC2.O=CO. The van der Waals surface area contributed by atoms with E-state index in [1.807, 2.05) is 18.7 Å². The number of H-pyrrole nitrogens is 1. The largest absolute Gasteiger partial charge is 0.483 e. The maximum atomic E-state index is 12.9. The van der Waals surface area contributed by atoms with Crippen LogP contribution in [0.1, 0.15) is 57.6 Å². The number of carbonyl (C=O) groups excluding carboxylic acids is 1. The number of carboxylic acid groups (broad SMARTS) is 1. The van der Waals surface area contributed by atoms with E-state index in [1.54, 1.807) is 0 Å². The Morgan fingerprint density at radius 2 is 2.07 bits per heavy atom. The van der Waals surface area contributed by atoms with Crippen molar-refractivity contribution < 1.29 is 23.1 Å². The molecular weight excluding hydrogens is 412 g/mol. The lowest BCUT2D eigenvalue weighted by Crippen LogP contribution is -2.36. The highest BCUT2D eigenvalue weighted by molar-refractivity contribution is 7.88. The van der Waals surface area contributed by atoms with Gasteiger partial charge in [0, 0.05) is 30.4 Å². The molecule has 1 aliphatic heterocycles. The van der Waals surface area contributed by atoms with Crippen LogP contribution in [0, 0.1) is 6.92 Å². The fourth-order valence-corrected chi connectivity index (χ4v) is 5.01. The number of aryl methyl sites for hydroxylation is 2. The molecule has 1 amide bonds. The second-order valence-corrected chi connectivity index (χ2v) is 9.45. The van der Waals surface area contributed by atoms with E-state index in [4.69, 9.17) is 9.90 Å². The van der Waals surface area contributed by atoms with Crippen LogP contribution in [0.3, 0.4) is 0 Å². The third-order valence-corrected chi connectivity index (χ3v) is 6.78. The Morgan fingerprint density at radius 3 is 2.73 bits per heavy atom. The number of hydrogen-bond acceptors (Lipinski definition) is 6. The number of nitrogens with one attached hydrogen (secondary N) is 2. The lowest BCUT2D eigenvalue weighted by molar-refractivity contribution is -0.122. The fraction of sp³-hybridized carbons (Fsp3) is 0.556. The zero-order valence-corrected chi connectivity index (χ0v) is 18.0. The monoisotopic (exact) mass is 438 g/mol. The van der Waals surface area contributed by atoms with E-state index in [1.165, 1.54) is 16.3 Å². The van der Waals surface area contributed by atoms with Crippen LogP contribution in [0.4, 0.5) is 0 Å². The quantitative estimate of drug-likeness (QED) is 0.582. The first kappa shape index (κ1) is 22.0. The number of amides is 1. The average molecular weight is 439 g/mol. The van der Waals surface area contributed by atoms with Gasteiger partial charge in [-0.3, -0.25) is 19.4 Å². The lowest BCUT2D eigenvalue weighted by atomic mass is 9.90. The minimum atomic E-state index is -3.26. The molecule has 2 aromatic rings. The van der Waals surface area contributed by atoms with Gasteiger partial charge < -0.3 is 10.4 Å². The molecule has 0 saturated carbocycles. The van der Waals surface area contributed by atoms with Gasteiger partial charge >= 0.3 is 0 Å². The molecule has 1 aliphatic carbocycles. The van der Waals surface area contributed by atoms with Gasteiger partial charge in [0.2, 0.25) is 10.0 Å². The molecule has 0 spiro atoms. The molecule has 2 aromatic heterocycles. The minimum Gasteiger partial charge on any atom is -0.483 e. The van der Waals surface area contributed by atoms with Crippen molar-refractivity contribution in [1.29, 1.82) is 0 Å². The molecule has 0 saturated heterocycles. The summed E-state index contributed by atoms with van der Waals surface area (Å²) in [6.07, 6.45) is 4.51. The Bertz CT molecular complexity index is 1060. The van der Waals surface area contributed by atoms with E-state index in [-0.39, 0.29) is 25.0 Å². The van der Waals surface area contributed by atoms with Crippen LogP contribution >= 0.6 is 0 Å². The van der Waals surface area contributed by atoms with Gasteiger partial charge in [-0.15, -0.1) is 0 Å². The number of rotatable bonds is 3. The minimum absolute atomic E-state index is 0.0709. The summed E-state index contributed by atoms with van der Waals surface area (Å²) in [7, 11) is -1.32. The van der Waals surface area contributed by atoms with Crippen LogP contribution in [0.2, 0.25) is 0 Å². The van der Waals surface area contributed by atoms with Gasteiger partial charge in [-0.25, -0.2) is 8.42 Å². The Labute approximate surface area is 174 Å². The summed E-state index contributed by atoms with van der Waals surface area (Å²) < 4.78 is 26.8. The number of carbonyl (C=O) groups is 2. The molecule has 0 aromatic carbocycles. The van der Waals surface area contributed by atoms with Crippen LogP contribution in [0.15, 0.2) is 0 Å². The van der Waals surface area contributed by atoms with Crippen LogP contribution in [-0.2, 0) is 41.3 Å². The zero-order valence-electron chi connectivity index (χ0n) is 17.2. The molecule has 0 fully saturated rings. The van der Waals surface area contributed by atoms with Gasteiger partial charge in [0.25, 0.3) is 12.4 Å². The van der Waals surface area contributed by atoms with Crippen LogP contribution < -0.4 is 5.32 Å². The van der Waals surface area contributed by atoms with Gasteiger partial charge in [-0.1, -0.05) is 0 Å². The number of aromatic nitrogens is 4. The number of fused-ring (bicyclic) bond motifs is 2. The average Bonchev–Trinajstić information content (AvgIpc) is 3.23. The summed E-state index contributed by atoms with van der Waals surface area (Å²) in [4.78, 5) is 21.3. The highest BCUT2D eigenvalue weighted by Crippen LogP contribution is 2.32. The van der Waals surface area contributed by atoms with Gasteiger partial charge in [-0.05, 0) is 32.6 Å². The first-order valence-corrected chi connectivity index (χ1v) is 11.4. The summed E-state index contributed by atoms with van der Waals surface area (Å²) in [6.45, 7) is 2.31. The molecule has 3 heterocycles. The number of aromatic amines is 1. The third kappa shape index (κ3) is 4.24. The Kier molecular flexibility index (Phi) is 6.27. The van der Waals surface area contributed by atoms with E-state index >= 15 is 0 Å². The summed E-state index contributed by atoms with van der Waals surface area (Å²) in [5.74, 6) is -0.221. The highest BCUT2D eigenvalue weighted by atomic mass is 32.2. The van der Waals surface area contributed by atoms with Gasteiger partial charge in [0.15, 0.2) is 5.69 Å². The van der Waals surface area contributed by atoms with E-state index in [0.717, 1.165) is 36.1 Å². The van der Waals surface area contributed by atoms with E-state index in [2.05, 4.69) is 20.6 Å². The third-order valence-electron chi connectivity index (χ3n) is 5.53. The van der Waals surface area contributed by atoms with Crippen molar-refractivity contribution in [2.24, 2.45) is 7.05 Å². The predicted octanol–water partition coefficient (Wildman–Crippen LogP) is 0.278. The molecule has 4 rings (SSSR count). The summed E-state index contributed by atoms with van der Waals surface area (Å²) in [5, 5.41) is 21.5. The van der Waals surface area contributed by atoms with Crippen molar-refractivity contribution in [2.75, 3.05) is 12.8 Å². The molecule has 0 radical (unpaired) electrons. The van der Waals surface area contributed by atoms with Crippen molar-refractivity contribution in [1.82, 2.24) is 29.6 Å². The van der Waals surface area contributed by atoms with E-state index in [0.29, 0.717) is 24.4 Å². The normalized spacial score (nSPS) is 18.6. The Balaban J connectivity index is 0.000000806. The number of sulfonamides is 1. The molecular formula is C18H26N6O5S. The predicted molar refractivity (Wildman–Crippen MR) is 107 cm³/mol. The van der Waals surface area contributed by atoms with Crippen LogP contribution in [0.5, 0.6) is 0 Å². The fourth-order valence-electron chi connectivity index (χ4n) is 4.23. The first-order chi connectivity index (χ1) is 14.2. The molecule has 3 N–H and O–H groups in total. The smallest absolute Gasteiger partial charge is 0.290 e. The van der Waals surface area contributed by atoms with Gasteiger partial charge in [-0.2, -0.15) is 14.5 Å². The first-order valence-electron chi connectivity index (χ1n) is 9.59. The lowest BCUT2D eigenvalue weighted by Gasteiger charge is -2.26. The topological polar surface area (TPSA) is 150 Å². The molecule has 164 valence electrons. The standard InChI is InChI=1S/C17H24N6O3S.CH2O2/c1-10-15-12(5-4-6-14(15)22(2)21-10)18-17(24)16-11-7-8-23(27(3,25)26)9-13(11)19-20-16;2-1-3/h12H,4-9H2,1-3H3,(H,18,24)(H,19,20);1H,(H,2,3).